The molecule has 0 spiro atoms. The van der Waals surface area contributed by atoms with Gasteiger partial charge in [0.2, 0.25) is 0 Å². The molecule has 1 rings (SSSR count). The molecule has 116 valence electrons. The van der Waals surface area contributed by atoms with Gasteiger partial charge in [-0.1, -0.05) is 18.2 Å². The van der Waals surface area contributed by atoms with Crippen molar-refractivity contribution in [1.29, 1.82) is 0 Å². The first-order chi connectivity index (χ1) is 9.81. The summed E-state index contributed by atoms with van der Waals surface area (Å²) < 4.78 is 5.02. The number of hydrazine groups is 1. The third-order valence-corrected chi connectivity index (χ3v) is 2.29. The molecule has 1 atom stereocenters. The van der Waals surface area contributed by atoms with E-state index in [1.807, 2.05) is 6.07 Å². The molecule has 0 aliphatic carbocycles. The summed E-state index contributed by atoms with van der Waals surface area (Å²) in [5, 5.41) is 11.5. The summed E-state index contributed by atoms with van der Waals surface area (Å²) in [7, 11) is 0. The molecule has 0 fully saturated rings. The van der Waals surface area contributed by atoms with Gasteiger partial charge < -0.3 is 15.2 Å². The third kappa shape index (κ3) is 6.62. The fraction of sp³-hybridized carbons (Fsp3) is 0.429. The molecule has 0 aliphatic rings. The Morgan fingerprint density at radius 1 is 1.24 bits per heavy atom. The van der Waals surface area contributed by atoms with Crippen LogP contribution in [0.3, 0.4) is 0 Å². The van der Waals surface area contributed by atoms with E-state index >= 15 is 0 Å². The smallest absolute Gasteiger partial charge is 0.408 e. The van der Waals surface area contributed by atoms with Crippen molar-refractivity contribution in [2.75, 3.05) is 12.0 Å². The van der Waals surface area contributed by atoms with E-state index in [1.165, 1.54) is 0 Å². The van der Waals surface area contributed by atoms with Gasteiger partial charge in [-0.25, -0.2) is 4.79 Å². The number of rotatable bonds is 5. The number of ether oxygens (including phenoxy) is 1. The molecule has 4 N–H and O–H groups in total. The number of aliphatic hydroxyl groups excluding tert-OH is 1. The summed E-state index contributed by atoms with van der Waals surface area (Å²) in [5.41, 5.74) is 5.08. The molecule has 7 nitrogen and oxygen atoms in total. The zero-order chi connectivity index (χ0) is 15.9. The van der Waals surface area contributed by atoms with Crippen LogP contribution in [0.5, 0.6) is 0 Å². The fourth-order valence-electron chi connectivity index (χ4n) is 1.39. The van der Waals surface area contributed by atoms with E-state index in [-0.39, 0.29) is 0 Å². The van der Waals surface area contributed by atoms with Crippen molar-refractivity contribution >= 4 is 17.7 Å². The minimum Gasteiger partial charge on any atom is -0.444 e. The Morgan fingerprint density at radius 2 is 1.86 bits per heavy atom. The van der Waals surface area contributed by atoms with Crippen LogP contribution in [0.15, 0.2) is 30.3 Å². The summed E-state index contributed by atoms with van der Waals surface area (Å²) >= 11 is 0. The predicted molar refractivity (Wildman–Crippen MR) is 78.5 cm³/mol. The number of carbonyl (C=O) groups is 2. The van der Waals surface area contributed by atoms with Crippen LogP contribution in [0, 0.1) is 0 Å². The first-order valence-corrected chi connectivity index (χ1v) is 6.53. The van der Waals surface area contributed by atoms with E-state index in [1.54, 1.807) is 45.0 Å². The van der Waals surface area contributed by atoms with E-state index in [0.29, 0.717) is 5.69 Å². The summed E-state index contributed by atoms with van der Waals surface area (Å²) in [5.74, 6) is -0.577. The van der Waals surface area contributed by atoms with Crippen LogP contribution in [0.2, 0.25) is 0 Å². The zero-order valence-corrected chi connectivity index (χ0v) is 12.3. The van der Waals surface area contributed by atoms with Gasteiger partial charge in [-0.3, -0.25) is 15.6 Å². The highest BCUT2D eigenvalue weighted by Gasteiger charge is 2.23. The lowest BCUT2D eigenvalue weighted by molar-refractivity contribution is -0.123. The van der Waals surface area contributed by atoms with E-state index in [0.717, 1.165) is 0 Å². The van der Waals surface area contributed by atoms with Gasteiger partial charge >= 0.3 is 6.09 Å². The molecule has 1 aromatic carbocycles. The maximum absolute atomic E-state index is 11.8. The molecular weight excluding hydrogens is 274 g/mol. The van der Waals surface area contributed by atoms with Gasteiger partial charge in [0.05, 0.1) is 12.3 Å². The Hall–Kier alpha value is -2.28. The molecule has 1 unspecified atom stereocenters. The molecular formula is C14H21N3O4. The number of para-hydroxylation sites is 1. The lowest BCUT2D eigenvalue weighted by Crippen LogP contribution is -2.51. The Morgan fingerprint density at radius 3 is 2.38 bits per heavy atom. The normalized spacial score (nSPS) is 12.2. The van der Waals surface area contributed by atoms with Gasteiger partial charge in [0.15, 0.2) is 0 Å². The number of hydrogen-bond acceptors (Lipinski definition) is 5. The van der Waals surface area contributed by atoms with Crippen molar-refractivity contribution in [1.82, 2.24) is 10.7 Å². The largest absolute Gasteiger partial charge is 0.444 e. The van der Waals surface area contributed by atoms with E-state index in [2.05, 4.69) is 16.2 Å². The lowest BCUT2D eigenvalue weighted by Gasteiger charge is -2.22. The second-order valence-electron chi connectivity index (χ2n) is 5.36. The molecule has 21 heavy (non-hydrogen) atoms. The predicted octanol–water partition coefficient (Wildman–Crippen LogP) is 1.02. The molecule has 2 amide bonds. The van der Waals surface area contributed by atoms with Gasteiger partial charge in [-0.15, -0.1) is 0 Å². The van der Waals surface area contributed by atoms with E-state index in [9.17, 15) is 14.7 Å². The lowest BCUT2D eigenvalue weighted by atomic mass is 10.2. The van der Waals surface area contributed by atoms with E-state index < -0.39 is 30.3 Å². The molecule has 0 radical (unpaired) electrons. The maximum atomic E-state index is 11.8. The van der Waals surface area contributed by atoms with Crippen molar-refractivity contribution in [3.05, 3.63) is 30.3 Å². The number of hydrogen-bond donors (Lipinski definition) is 4. The molecule has 0 aliphatic heterocycles. The number of benzene rings is 1. The second-order valence-corrected chi connectivity index (χ2v) is 5.36. The zero-order valence-electron chi connectivity index (χ0n) is 12.3. The van der Waals surface area contributed by atoms with Crippen LogP contribution < -0.4 is 16.2 Å². The van der Waals surface area contributed by atoms with Crippen LogP contribution in [-0.2, 0) is 9.53 Å². The first-order valence-electron chi connectivity index (χ1n) is 6.53. The quantitative estimate of drug-likeness (QED) is 0.608. The SMILES string of the molecule is CC(C)(C)OC(=O)NC(CO)C(=O)NNc1ccccc1. The summed E-state index contributed by atoms with van der Waals surface area (Å²) in [4.78, 5) is 23.4. The highest BCUT2D eigenvalue weighted by atomic mass is 16.6. The second kappa shape index (κ2) is 7.49. The van der Waals surface area contributed by atoms with Crippen molar-refractivity contribution in [3.8, 4) is 0 Å². The van der Waals surface area contributed by atoms with Crippen molar-refractivity contribution in [2.24, 2.45) is 0 Å². The topological polar surface area (TPSA) is 99.7 Å². The van der Waals surface area contributed by atoms with Gasteiger partial charge in [0.25, 0.3) is 5.91 Å². The average molecular weight is 295 g/mol. The number of aliphatic hydroxyl groups is 1. The minimum absolute atomic E-state index is 0.540. The summed E-state index contributed by atoms with van der Waals surface area (Å²) in [6.45, 7) is 4.58. The molecule has 1 aromatic rings. The van der Waals surface area contributed by atoms with Crippen LogP contribution >= 0.6 is 0 Å². The minimum atomic E-state index is -1.10. The van der Waals surface area contributed by atoms with Crippen molar-refractivity contribution < 1.29 is 19.4 Å². The van der Waals surface area contributed by atoms with Crippen molar-refractivity contribution in [3.63, 3.8) is 0 Å². The Labute approximate surface area is 123 Å². The van der Waals surface area contributed by atoms with Crippen LogP contribution in [0.4, 0.5) is 10.5 Å². The highest BCUT2D eigenvalue weighted by Crippen LogP contribution is 2.07. The van der Waals surface area contributed by atoms with Crippen LogP contribution in [0.1, 0.15) is 20.8 Å². The first kappa shape index (κ1) is 16.8. The fourth-order valence-corrected chi connectivity index (χ4v) is 1.39. The van der Waals surface area contributed by atoms with Gasteiger partial charge in [0.1, 0.15) is 11.6 Å². The van der Waals surface area contributed by atoms with Gasteiger partial charge in [-0.05, 0) is 32.9 Å². The molecule has 0 saturated carbocycles. The summed E-state index contributed by atoms with van der Waals surface area (Å²) in [6, 6.07) is 7.86. The van der Waals surface area contributed by atoms with Gasteiger partial charge in [-0.2, -0.15) is 0 Å². The Balaban J connectivity index is 2.48. The Kier molecular flexibility index (Phi) is 5.98. The average Bonchev–Trinajstić information content (AvgIpc) is 2.41. The number of nitrogens with one attached hydrogen (secondary N) is 3. The van der Waals surface area contributed by atoms with E-state index in [4.69, 9.17) is 4.74 Å². The number of anilines is 1. The standard InChI is InChI=1S/C14H21N3O4/c1-14(2,3)21-13(20)15-11(9-18)12(19)17-16-10-7-5-4-6-8-10/h4-8,11,16,18H,9H2,1-3H3,(H,15,20)(H,17,19). The summed E-state index contributed by atoms with van der Waals surface area (Å²) in [6.07, 6.45) is -0.767. The molecule has 7 heteroatoms. The highest BCUT2D eigenvalue weighted by molar-refractivity contribution is 5.86. The maximum Gasteiger partial charge on any atom is 0.408 e. The number of amides is 2. The van der Waals surface area contributed by atoms with Crippen molar-refractivity contribution in [2.45, 2.75) is 32.4 Å². The third-order valence-electron chi connectivity index (χ3n) is 2.29. The van der Waals surface area contributed by atoms with Gasteiger partial charge in [0, 0.05) is 0 Å². The monoisotopic (exact) mass is 295 g/mol. The molecule has 0 heterocycles. The number of carbonyl (C=O) groups excluding carboxylic acids is 2. The molecule has 0 saturated heterocycles. The van der Waals surface area contributed by atoms with Crippen LogP contribution in [0.25, 0.3) is 0 Å². The Bertz CT molecular complexity index is 471. The molecule has 0 bridgehead atoms. The van der Waals surface area contributed by atoms with Crippen LogP contribution in [-0.4, -0.2) is 35.4 Å². The molecule has 0 aromatic heterocycles. The number of alkyl carbamates (subject to hydrolysis) is 1.